The monoisotopic (exact) mass is 749 g/mol. The van der Waals surface area contributed by atoms with Crippen LogP contribution in [0.3, 0.4) is 0 Å². The molecule has 0 aliphatic carbocycles. The van der Waals surface area contributed by atoms with Gasteiger partial charge in [0.1, 0.15) is 0 Å². The van der Waals surface area contributed by atoms with E-state index in [2.05, 4.69) is 44.9 Å². The van der Waals surface area contributed by atoms with Gasteiger partial charge in [0.15, 0.2) is 0 Å². The van der Waals surface area contributed by atoms with Crippen molar-refractivity contribution in [3.05, 3.63) is 107 Å². The smallest absolute Gasteiger partial charge is 0.267 e. The number of hydroxylamine groups is 1. The zero-order valence-corrected chi connectivity index (χ0v) is 31.1. The second kappa shape index (κ2) is 20.9. The van der Waals surface area contributed by atoms with Gasteiger partial charge in [-0.3, -0.25) is 33.8 Å². The minimum absolute atomic E-state index is 0.0868. The normalized spacial score (nSPS) is 14.3. The highest BCUT2D eigenvalue weighted by Gasteiger charge is 2.38. The van der Waals surface area contributed by atoms with Crippen LogP contribution in [-0.2, 0) is 43.6 Å². The molecule has 282 valence electrons. The second-order valence-electron chi connectivity index (χ2n) is 13.1. The van der Waals surface area contributed by atoms with Crippen molar-refractivity contribution in [1.82, 2.24) is 25.6 Å². The lowest BCUT2D eigenvalue weighted by Gasteiger charge is -2.21. The fraction of sp³-hybridized carbons (Fsp3) is 0.333. The molecule has 0 saturated carbocycles. The lowest BCUT2D eigenvalue weighted by atomic mass is 10.1. The summed E-state index contributed by atoms with van der Waals surface area (Å²) in [6.45, 7) is 2.91. The lowest BCUT2D eigenvalue weighted by Crippen LogP contribution is -2.32. The Morgan fingerprint density at radius 1 is 1.02 bits per heavy atom. The molecule has 12 heteroatoms. The van der Waals surface area contributed by atoms with Crippen LogP contribution in [0.4, 0.5) is 0 Å². The number of amides is 4. The lowest BCUT2D eigenvalue weighted by molar-refractivity contribution is -0.138. The molecule has 5 rings (SSSR count). The number of terminal acetylenes is 1. The van der Waals surface area contributed by atoms with E-state index in [0.717, 1.165) is 46.5 Å². The fourth-order valence-electron chi connectivity index (χ4n) is 6.20. The number of carbonyl (C=O) groups is 4. The van der Waals surface area contributed by atoms with Crippen molar-refractivity contribution in [2.45, 2.75) is 61.8 Å². The molecular weight excluding hydrogens is 703 g/mol. The largest absolute Gasteiger partial charge is 0.395 e. The van der Waals surface area contributed by atoms with E-state index in [-0.39, 0.29) is 43.9 Å². The van der Waals surface area contributed by atoms with Crippen molar-refractivity contribution in [2.24, 2.45) is 0 Å². The number of aromatic nitrogens is 1. The number of carbonyl (C=O) groups excluding carboxylic acids is 4. The molecule has 1 unspecified atom stereocenters. The molecule has 4 N–H and O–H groups in total. The van der Waals surface area contributed by atoms with Crippen LogP contribution in [0.2, 0.25) is 0 Å². The number of fused-ring (bicyclic) bond motifs is 1. The van der Waals surface area contributed by atoms with E-state index in [0.29, 0.717) is 38.9 Å². The molecule has 1 fully saturated rings. The maximum Gasteiger partial charge on any atom is 0.267 e. The van der Waals surface area contributed by atoms with Gasteiger partial charge in [0.25, 0.3) is 5.91 Å². The first-order valence-corrected chi connectivity index (χ1v) is 19.1. The summed E-state index contributed by atoms with van der Waals surface area (Å²) >= 11 is 1.36. The minimum Gasteiger partial charge on any atom is -0.395 e. The molecule has 1 aliphatic heterocycles. The Hall–Kier alpha value is -5.19. The van der Waals surface area contributed by atoms with Crippen LogP contribution in [0.1, 0.15) is 54.4 Å². The molecule has 3 aromatic carbocycles. The van der Waals surface area contributed by atoms with Gasteiger partial charge < -0.3 is 15.4 Å². The number of thioether (sulfide) groups is 1. The molecule has 11 nitrogen and oxygen atoms in total. The van der Waals surface area contributed by atoms with Crippen LogP contribution in [0.5, 0.6) is 0 Å². The summed E-state index contributed by atoms with van der Waals surface area (Å²) in [6, 6.07) is 23.7. The van der Waals surface area contributed by atoms with E-state index in [4.69, 9.17) is 11.3 Å². The van der Waals surface area contributed by atoms with Gasteiger partial charge in [0.2, 0.25) is 17.7 Å². The third-order valence-corrected chi connectivity index (χ3v) is 10.3. The number of benzene rings is 3. The Morgan fingerprint density at radius 3 is 2.57 bits per heavy atom. The van der Waals surface area contributed by atoms with Crippen molar-refractivity contribution < 1.29 is 29.1 Å². The zero-order valence-electron chi connectivity index (χ0n) is 30.3. The average Bonchev–Trinajstić information content (AvgIpc) is 3.71. The second-order valence-corrected chi connectivity index (χ2v) is 14.3. The number of aromatic amines is 1. The molecule has 0 radical (unpaired) electrons. The van der Waals surface area contributed by atoms with Crippen molar-refractivity contribution in [1.29, 1.82) is 0 Å². The highest BCUT2D eigenvalue weighted by Crippen LogP contribution is 2.32. The van der Waals surface area contributed by atoms with E-state index in [1.807, 2.05) is 60.7 Å². The number of rotatable bonds is 21. The summed E-state index contributed by atoms with van der Waals surface area (Å²) in [7, 11) is 0. The predicted molar refractivity (Wildman–Crippen MR) is 211 cm³/mol. The van der Waals surface area contributed by atoms with Gasteiger partial charge >= 0.3 is 0 Å². The van der Waals surface area contributed by atoms with Crippen molar-refractivity contribution >= 4 is 52.4 Å². The number of aliphatic hydroxyl groups is 1. The molecule has 4 aromatic rings. The predicted octanol–water partition coefficient (Wildman–Crippen LogP) is 5.00. The van der Waals surface area contributed by atoms with Gasteiger partial charge in [-0.2, -0.15) is 0 Å². The van der Waals surface area contributed by atoms with Gasteiger partial charge in [0.05, 0.1) is 25.0 Å². The summed E-state index contributed by atoms with van der Waals surface area (Å²) in [4.78, 5) is 62.6. The molecule has 4 amide bonds. The number of nitrogens with zero attached hydrogens (tertiary/aromatic N) is 2. The summed E-state index contributed by atoms with van der Waals surface area (Å²) in [6.07, 6.45) is 13.8. The SMILES string of the molecule is C#CCNC(=O)CCCCCN1C(=O)CC(Sc2ccc(CONC(=O)/C=C/c3ccc(CN(CCO)CCc4c[nH]c5ccccc45)cc3)cc2)C1=O. The van der Waals surface area contributed by atoms with E-state index in [9.17, 15) is 24.3 Å². The van der Waals surface area contributed by atoms with Gasteiger partial charge in [-0.1, -0.05) is 66.9 Å². The van der Waals surface area contributed by atoms with Crippen LogP contribution in [0.15, 0.2) is 90.0 Å². The first-order chi connectivity index (χ1) is 26.3. The molecule has 1 atom stereocenters. The van der Waals surface area contributed by atoms with Gasteiger partial charge in [-0.25, -0.2) is 5.48 Å². The number of imide groups is 1. The molecule has 0 bridgehead atoms. The molecule has 1 aromatic heterocycles. The summed E-state index contributed by atoms with van der Waals surface area (Å²) in [5, 5.41) is 13.0. The first-order valence-electron chi connectivity index (χ1n) is 18.2. The minimum atomic E-state index is -0.473. The Kier molecular flexibility index (Phi) is 15.5. The average molecular weight is 750 g/mol. The molecule has 2 heterocycles. The number of unbranched alkanes of at least 4 members (excludes halogenated alkanes) is 2. The number of likely N-dealkylation sites (tertiary alicyclic amines) is 1. The van der Waals surface area contributed by atoms with Crippen molar-refractivity contribution in [3.63, 3.8) is 0 Å². The Balaban J connectivity index is 0.983. The number of aliphatic hydroxyl groups excluding tert-OH is 1. The van der Waals surface area contributed by atoms with Gasteiger partial charge in [-0.05, 0) is 65.8 Å². The standard InChI is InChI=1S/C42H47N5O6S/c1-2-22-43-39(49)10-4-3-7-23-47-41(51)27-38(42(47)52)54-35-18-15-33(16-19-35)30-53-45-40(50)20-17-31-11-13-32(14-12-31)29-46(25-26-48)24-21-34-28-44-37-9-6-5-8-36(34)37/h1,5-6,8-9,11-20,28,38,44,48H,3-4,7,10,21-27,29-30H2,(H,43,49)(H,45,50)/b20-17+. The highest BCUT2D eigenvalue weighted by molar-refractivity contribution is 8.00. The molecule has 54 heavy (non-hydrogen) atoms. The molecule has 1 saturated heterocycles. The topological polar surface area (TPSA) is 144 Å². The van der Waals surface area contributed by atoms with Gasteiger partial charge in [0, 0.05) is 67.1 Å². The third kappa shape index (κ3) is 12.2. The quantitative estimate of drug-likeness (QED) is 0.0307. The maximum atomic E-state index is 12.9. The number of hydrogen-bond acceptors (Lipinski definition) is 8. The van der Waals surface area contributed by atoms with Crippen molar-refractivity contribution in [3.8, 4) is 12.3 Å². The van der Waals surface area contributed by atoms with E-state index in [1.165, 1.54) is 33.7 Å². The zero-order chi connectivity index (χ0) is 38.1. The molecule has 1 aliphatic rings. The van der Waals surface area contributed by atoms with E-state index in [1.54, 1.807) is 6.08 Å². The van der Waals surface area contributed by atoms with Crippen molar-refractivity contribution in [2.75, 3.05) is 32.8 Å². The molecular formula is C42H47N5O6S. The maximum absolute atomic E-state index is 12.9. The number of H-pyrrole nitrogens is 1. The van der Waals surface area contributed by atoms with Crippen LogP contribution >= 0.6 is 11.8 Å². The summed E-state index contributed by atoms with van der Waals surface area (Å²) in [5.74, 6) is 1.51. The summed E-state index contributed by atoms with van der Waals surface area (Å²) < 4.78 is 0. The first kappa shape index (κ1) is 40.0. The Labute approximate surface area is 320 Å². The summed E-state index contributed by atoms with van der Waals surface area (Å²) in [5.41, 5.74) is 7.65. The third-order valence-electron chi connectivity index (χ3n) is 9.09. The number of para-hydroxylation sites is 1. The number of nitrogens with one attached hydrogen (secondary N) is 3. The van der Waals surface area contributed by atoms with Crippen LogP contribution in [0, 0.1) is 12.3 Å². The fourth-order valence-corrected chi connectivity index (χ4v) is 7.27. The Bertz CT molecular complexity index is 1940. The number of hydrogen-bond donors (Lipinski definition) is 4. The van der Waals surface area contributed by atoms with E-state index >= 15 is 0 Å². The van der Waals surface area contributed by atoms with Crippen LogP contribution < -0.4 is 10.8 Å². The Morgan fingerprint density at radius 2 is 1.80 bits per heavy atom. The highest BCUT2D eigenvalue weighted by atomic mass is 32.2. The van der Waals surface area contributed by atoms with Gasteiger partial charge in [-0.15, -0.1) is 18.2 Å². The van der Waals surface area contributed by atoms with E-state index < -0.39 is 11.2 Å². The van der Waals surface area contributed by atoms with Crippen LogP contribution in [0.25, 0.3) is 17.0 Å². The van der Waals surface area contributed by atoms with Crippen LogP contribution in [-0.4, -0.2) is 81.6 Å². The molecule has 0 spiro atoms.